The van der Waals surface area contributed by atoms with E-state index in [0.29, 0.717) is 27.5 Å². The molecular weight excluding hydrogens is 810 g/mol. The molecule has 1 fully saturated rings. The highest BCUT2D eigenvalue weighted by atomic mass is 16.7. The molecule has 3 aromatic carbocycles. The number of ether oxygens (including phenoxy) is 3. The number of hydrogen-bond acceptors (Lipinski definition) is 14. The second-order valence-electron chi connectivity index (χ2n) is 15.0. The zero-order valence-corrected chi connectivity index (χ0v) is 34.3. The van der Waals surface area contributed by atoms with E-state index in [9.17, 15) is 49.4 Å². The zero-order valence-electron chi connectivity index (χ0n) is 34.3. The quantitative estimate of drug-likeness (QED) is 0.0256. The molecule has 0 aliphatic carbocycles. The maximum atomic E-state index is 13.5. The minimum atomic E-state index is -1.82. The number of aliphatic carboxylic acids is 1. The highest BCUT2D eigenvalue weighted by Gasteiger charge is 2.56. The number of rotatable bonds is 21. The molecule has 4 amide bonds. The van der Waals surface area contributed by atoms with Crippen molar-refractivity contribution in [1.82, 2.24) is 20.9 Å². The first-order chi connectivity index (χ1) is 29.5. The van der Waals surface area contributed by atoms with E-state index in [0.717, 1.165) is 5.56 Å². The van der Waals surface area contributed by atoms with Gasteiger partial charge in [-0.05, 0) is 50.8 Å². The number of pyridine rings is 1. The molecule has 1 unspecified atom stereocenters. The van der Waals surface area contributed by atoms with Gasteiger partial charge in [0.25, 0.3) is 5.69 Å². The standard InChI is InChI=1S/C42H51N7O13/c1-23(38(54)48-30(40(56)57)17-18-32(43)52)45-39(55)24(2)61-36-35(46-25(3)51)41(60-21-26-11-5-4-6-12-26)62-42(22-50,37(36)53)19-10-20-44-34-27-13-7-8-14-28(27)47-29-15-9-16-31(33(29)34)49(58)59/h4-9,11-16,23-24,30,35-37,41,50,53H,10,17-22H2,1-3H3,(H2,43,52)(H,44,47)(H,45,55)(H,46,51)(H,48,54)(H,56,57)/t23-,24?,30+,35+,36+,37-,41-,42+/m0/s1. The number of amides is 4. The van der Waals surface area contributed by atoms with Crippen LogP contribution in [0.25, 0.3) is 21.8 Å². The molecule has 0 spiro atoms. The fourth-order valence-electron chi connectivity index (χ4n) is 7.27. The van der Waals surface area contributed by atoms with E-state index in [1.165, 1.54) is 26.8 Å². The molecule has 1 aliphatic rings. The van der Waals surface area contributed by atoms with Crippen molar-refractivity contribution >= 4 is 62.8 Å². The van der Waals surface area contributed by atoms with Crippen LogP contribution in [0.1, 0.15) is 52.0 Å². The molecule has 9 N–H and O–H groups in total. The van der Waals surface area contributed by atoms with Crippen molar-refractivity contribution in [2.45, 2.75) is 101 Å². The summed E-state index contributed by atoms with van der Waals surface area (Å²) in [5.41, 5.74) is 5.34. The first kappa shape index (κ1) is 46.7. The normalized spacial score (nSPS) is 21.3. The van der Waals surface area contributed by atoms with Crippen molar-refractivity contribution in [2.24, 2.45) is 5.73 Å². The summed E-state index contributed by atoms with van der Waals surface area (Å²) >= 11 is 0. The van der Waals surface area contributed by atoms with Crippen LogP contribution in [-0.2, 0) is 44.8 Å². The number of primary amides is 1. The molecule has 332 valence electrons. The van der Waals surface area contributed by atoms with Crippen molar-refractivity contribution in [2.75, 3.05) is 18.5 Å². The van der Waals surface area contributed by atoms with Crippen molar-refractivity contribution in [3.05, 3.63) is 88.5 Å². The Kier molecular flexibility index (Phi) is 15.8. The van der Waals surface area contributed by atoms with Gasteiger partial charge in [-0.3, -0.25) is 29.3 Å². The van der Waals surface area contributed by atoms with E-state index < -0.39 is 89.5 Å². The molecule has 1 aromatic heterocycles. The number of aromatic nitrogens is 1. The lowest BCUT2D eigenvalue weighted by molar-refractivity contribution is -0.383. The molecule has 20 nitrogen and oxygen atoms in total. The molecule has 0 bridgehead atoms. The summed E-state index contributed by atoms with van der Waals surface area (Å²) in [7, 11) is 0. The number of aliphatic hydroxyl groups is 2. The fraction of sp³-hybridized carbons (Fsp3) is 0.429. The van der Waals surface area contributed by atoms with Crippen LogP contribution in [0.15, 0.2) is 72.8 Å². The number of benzene rings is 3. The minimum Gasteiger partial charge on any atom is -0.480 e. The summed E-state index contributed by atoms with van der Waals surface area (Å²) in [6.07, 6.45) is -6.44. The SMILES string of the molecule is CC(=O)N[C@H]1[C@@H](OCc2ccccc2)O[C@@](CO)(CCCNc2c3ccccc3nc3cccc([N+](=O)[O-])c23)[C@@H](O)[C@@H]1OC(C)C(=O)N[C@@H](C)C(=O)N[C@H](CCC(N)=O)C(=O)O. The van der Waals surface area contributed by atoms with Crippen LogP contribution >= 0.6 is 0 Å². The number of non-ortho nitro benzene ring substituents is 1. The number of aliphatic hydroxyl groups excluding tert-OH is 2. The lowest BCUT2D eigenvalue weighted by atomic mass is 9.82. The molecule has 4 aromatic rings. The summed E-state index contributed by atoms with van der Waals surface area (Å²) in [6.45, 7) is 3.19. The smallest absolute Gasteiger partial charge is 0.326 e. The number of carbonyl (C=O) groups is 5. The van der Waals surface area contributed by atoms with E-state index in [-0.39, 0.29) is 44.5 Å². The number of para-hydroxylation sites is 1. The number of nitrogens with zero attached hydrogens (tertiary/aromatic N) is 2. The number of carboxylic acids is 1. The van der Waals surface area contributed by atoms with E-state index in [1.54, 1.807) is 60.7 Å². The third-order valence-corrected chi connectivity index (χ3v) is 10.5. The summed E-state index contributed by atoms with van der Waals surface area (Å²) in [5.74, 6) is -4.48. The number of nitro groups is 1. The number of carbonyl (C=O) groups excluding carboxylic acids is 4. The van der Waals surface area contributed by atoms with Gasteiger partial charge in [-0.1, -0.05) is 54.6 Å². The summed E-state index contributed by atoms with van der Waals surface area (Å²) in [4.78, 5) is 78.1. The van der Waals surface area contributed by atoms with E-state index in [4.69, 9.17) is 19.9 Å². The van der Waals surface area contributed by atoms with E-state index >= 15 is 0 Å². The van der Waals surface area contributed by atoms with E-state index in [2.05, 4.69) is 26.3 Å². The fourth-order valence-corrected chi connectivity index (χ4v) is 7.27. The van der Waals surface area contributed by atoms with Crippen molar-refractivity contribution in [1.29, 1.82) is 0 Å². The summed E-state index contributed by atoms with van der Waals surface area (Å²) in [5, 5.41) is 56.4. The molecule has 2 heterocycles. The average Bonchev–Trinajstić information content (AvgIpc) is 3.24. The predicted molar refractivity (Wildman–Crippen MR) is 223 cm³/mol. The topological polar surface area (TPSA) is 304 Å². The van der Waals surface area contributed by atoms with Crippen LogP contribution in [0.4, 0.5) is 11.4 Å². The molecule has 20 heteroatoms. The van der Waals surface area contributed by atoms with Gasteiger partial charge in [-0.15, -0.1) is 0 Å². The van der Waals surface area contributed by atoms with Crippen LogP contribution in [0.5, 0.6) is 0 Å². The van der Waals surface area contributed by atoms with Gasteiger partial charge in [0.1, 0.15) is 47.4 Å². The zero-order chi connectivity index (χ0) is 45.1. The number of fused-ring (bicyclic) bond motifs is 2. The summed E-state index contributed by atoms with van der Waals surface area (Å²) < 4.78 is 18.8. The Hall–Kier alpha value is -6.32. The monoisotopic (exact) mass is 861 g/mol. The number of nitrogens with one attached hydrogen (secondary N) is 4. The van der Waals surface area contributed by atoms with Gasteiger partial charge in [0.05, 0.1) is 34.9 Å². The second-order valence-corrected chi connectivity index (χ2v) is 15.0. The Labute approximate surface area is 355 Å². The average molecular weight is 862 g/mol. The number of nitro benzene ring substituents is 1. The third-order valence-electron chi connectivity index (χ3n) is 10.5. The van der Waals surface area contributed by atoms with Crippen LogP contribution in [-0.4, -0.2) is 116 Å². The summed E-state index contributed by atoms with van der Waals surface area (Å²) in [6, 6.07) is 16.7. The maximum absolute atomic E-state index is 13.5. The number of anilines is 1. The Bertz CT molecular complexity index is 2260. The largest absolute Gasteiger partial charge is 0.480 e. The van der Waals surface area contributed by atoms with Crippen molar-refractivity contribution < 1.29 is 58.4 Å². The molecule has 1 saturated heterocycles. The number of nitrogens with two attached hydrogens (primary N) is 1. The second kappa shape index (κ2) is 21.0. The van der Waals surface area contributed by atoms with Crippen molar-refractivity contribution in [3.63, 3.8) is 0 Å². The Morgan fingerprint density at radius 1 is 0.984 bits per heavy atom. The van der Waals surface area contributed by atoms with Gasteiger partial charge in [-0.2, -0.15) is 0 Å². The Morgan fingerprint density at radius 3 is 2.34 bits per heavy atom. The first-order valence-corrected chi connectivity index (χ1v) is 19.9. The highest BCUT2D eigenvalue weighted by molar-refractivity contribution is 6.11. The molecular formula is C42H51N7O13. The molecule has 62 heavy (non-hydrogen) atoms. The number of hydrogen-bond donors (Lipinski definition) is 8. The van der Waals surface area contributed by atoms with Gasteiger partial charge >= 0.3 is 5.97 Å². The van der Waals surface area contributed by atoms with Crippen LogP contribution < -0.4 is 27.0 Å². The third kappa shape index (κ3) is 11.3. The van der Waals surface area contributed by atoms with Gasteiger partial charge in [-0.25, -0.2) is 9.78 Å². The van der Waals surface area contributed by atoms with Gasteiger partial charge in [0.2, 0.25) is 23.6 Å². The van der Waals surface area contributed by atoms with Gasteiger partial charge in [0.15, 0.2) is 6.29 Å². The lowest BCUT2D eigenvalue weighted by Crippen LogP contribution is -2.71. The van der Waals surface area contributed by atoms with Gasteiger partial charge < -0.3 is 56.5 Å². The van der Waals surface area contributed by atoms with Gasteiger partial charge in [0, 0.05) is 31.3 Å². The Balaban J connectivity index is 1.39. The Morgan fingerprint density at radius 2 is 1.68 bits per heavy atom. The number of carboxylic acid groups (broad SMARTS) is 1. The van der Waals surface area contributed by atoms with E-state index in [1.807, 2.05) is 6.07 Å². The minimum absolute atomic E-state index is 0.0338. The van der Waals surface area contributed by atoms with Crippen molar-refractivity contribution in [3.8, 4) is 0 Å². The molecule has 1 aliphatic heterocycles. The maximum Gasteiger partial charge on any atom is 0.326 e. The molecule has 5 rings (SSSR count). The van der Waals surface area contributed by atoms with Crippen LogP contribution in [0.2, 0.25) is 0 Å². The lowest BCUT2D eigenvalue weighted by Gasteiger charge is -2.51. The molecule has 0 radical (unpaired) electrons. The van der Waals surface area contributed by atoms with Crippen LogP contribution in [0.3, 0.4) is 0 Å². The van der Waals surface area contributed by atoms with Crippen LogP contribution in [0, 0.1) is 10.1 Å². The first-order valence-electron chi connectivity index (χ1n) is 19.9. The molecule has 8 atom stereocenters. The highest BCUT2D eigenvalue weighted by Crippen LogP contribution is 2.39. The molecule has 0 saturated carbocycles. The predicted octanol–water partition coefficient (Wildman–Crippen LogP) is 1.77.